The number of unbranched alkanes of at least 4 members (excludes halogenated alkanes) is 2. The molecular formula is C74H86N8O14. The lowest BCUT2D eigenvalue weighted by molar-refractivity contribution is -0.131. The second kappa shape index (κ2) is 41.6. The van der Waals surface area contributed by atoms with Gasteiger partial charge in [0.1, 0.15) is 63.2 Å². The van der Waals surface area contributed by atoms with E-state index in [4.69, 9.17) is 34.2 Å². The third-order valence-electron chi connectivity index (χ3n) is 15.0. The Hall–Kier alpha value is -10.9. The molecule has 0 aliphatic carbocycles. The van der Waals surface area contributed by atoms with E-state index in [9.17, 15) is 38.4 Å². The summed E-state index contributed by atoms with van der Waals surface area (Å²) in [5, 5.41) is 13.8. The first-order chi connectivity index (χ1) is 46.8. The van der Waals surface area contributed by atoms with Gasteiger partial charge in [0.05, 0.1) is 12.8 Å². The summed E-state index contributed by atoms with van der Waals surface area (Å²) in [6.45, 7) is 1.81. The van der Waals surface area contributed by atoms with Crippen LogP contribution in [0.15, 0.2) is 200 Å². The average molecular weight is 1310 g/mol. The highest BCUT2D eigenvalue weighted by atomic mass is 16.6. The Bertz CT molecular complexity index is 3490. The second-order valence-electron chi connectivity index (χ2n) is 22.6. The van der Waals surface area contributed by atoms with Crippen LogP contribution >= 0.6 is 0 Å². The van der Waals surface area contributed by atoms with Gasteiger partial charge in [-0.1, -0.05) is 188 Å². The zero-order valence-corrected chi connectivity index (χ0v) is 54.0. The summed E-state index contributed by atoms with van der Waals surface area (Å²) in [6, 6.07) is 58.9. The van der Waals surface area contributed by atoms with E-state index < -0.39 is 66.5 Å². The first-order valence-corrected chi connectivity index (χ1v) is 32.3. The number of amides is 8. The molecule has 22 nitrogen and oxygen atoms in total. The molecule has 0 saturated carbocycles. The van der Waals surface area contributed by atoms with Gasteiger partial charge in [0, 0.05) is 57.4 Å². The SMILES string of the molecule is NC(=O)C[C@H](NC(=O)Cc1ccc(OCc2ccccc2)cc1OCc1ccccc1)C(=O)NCCCCN(CCCN(CCCNC(=O)[C@H](CCCCNC(=O)OCc1ccccc1)NC(=O)OCc1ccccc1)C(=O)OCc1ccccc1)C(=O)OCc1ccccc1. The molecule has 0 spiro atoms. The first-order valence-electron chi connectivity index (χ1n) is 32.3. The molecule has 96 heavy (non-hydrogen) atoms. The minimum absolute atomic E-state index is 0.00176. The van der Waals surface area contributed by atoms with Crippen molar-refractivity contribution in [3.05, 3.63) is 239 Å². The van der Waals surface area contributed by atoms with Crippen LogP contribution in [0.4, 0.5) is 19.2 Å². The number of nitrogens with zero attached hydrogens (tertiary/aromatic N) is 2. The molecule has 8 amide bonds. The lowest BCUT2D eigenvalue weighted by Gasteiger charge is -2.26. The minimum atomic E-state index is -1.29. The van der Waals surface area contributed by atoms with Gasteiger partial charge in [-0.05, 0) is 84.4 Å². The van der Waals surface area contributed by atoms with Crippen molar-refractivity contribution in [3.63, 3.8) is 0 Å². The number of benzene rings is 7. The Balaban J connectivity index is 0.922. The van der Waals surface area contributed by atoms with Crippen molar-refractivity contribution in [3.8, 4) is 11.5 Å². The third kappa shape index (κ3) is 28.1. The van der Waals surface area contributed by atoms with E-state index in [1.807, 2.05) is 182 Å². The number of nitrogens with two attached hydrogens (primary N) is 1. The zero-order chi connectivity index (χ0) is 67.8. The molecule has 22 heteroatoms. The van der Waals surface area contributed by atoms with Crippen molar-refractivity contribution in [1.82, 2.24) is 36.4 Å². The Labute approximate surface area is 560 Å². The molecule has 0 bridgehead atoms. The zero-order valence-electron chi connectivity index (χ0n) is 54.0. The molecule has 7 N–H and O–H groups in total. The Morgan fingerprint density at radius 3 is 1.29 bits per heavy atom. The van der Waals surface area contributed by atoms with Crippen LogP contribution in [0.1, 0.15) is 90.3 Å². The number of carbonyl (C=O) groups is 8. The van der Waals surface area contributed by atoms with Gasteiger partial charge in [0.25, 0.3) is 0 Å². The van der Waals surface area contributed by atoms with Crippen molar-refractivity contribution in [2.24, 2.45) is 5.73 Å². The quantitative estimate of drug-likeness (QED) is 0.0154. The fourth-order valence-electron chi connectivity index (χ4n) is 9.85. The van der Waals surface area contributed by atoms with Crippen molar-refractivity contribution in [2.45, 2.75) is 110 Å². The normalized spacial score (nSPS) is 11.3. The highest BCUT2D eigenvalue weighted by Gasteiger charge is 2.26. The van der Waals surface area contributed by atoms with Gasteiger partial charge in [-0.15, -0.1) is 0 Å². The predicted octanol–water partition coefficient (Wildman–Crippen LogP) is 10.2. The van der Waals surface area contributed by atoms with Gasteiger partial charge < -0.3 is 70.5 Å². The van der Waals surface area contributed by atoms with E-state index in [0.29, 0.717) is 55.8 Å². The summed E-state index contributed by atoms with van der Waals surface area (Å²) in [5.74, 6) is -1.51. The van der Waals surface area contributed by atoms with Crippen LogP contribution in [0.2, 0.25) is 0 Å². The predicted molar refractivity (Wildman–Crippen MR) is 360 cm³/mol. The van der Waals surface area contributed by atoms with Crippen LogP contribution in [-0.4, -0.2) is 116 Å². The highest BCUT2D eigenvalue weighted by molar-refractivity contribution is 5.92. The fraction of sp³-hybridized carbons (Fsp3) is 0.324. The van der Waals surface area contributed by atoms with Gasteiger partial charge in [0.2, 0.25) is 23.6 Å². The van der Waals surface area contributed by atoms with Crippen molar-refractivity contribution in [1.29, 1.82) is 0 Å². The Morgan fingerprint density at radius 1 is 0.385 bits per heavy atom. The van der Waals surface area contributed by atoms with Crippen LogP contribution in [0.3, 0.4) is 0 Å². The molecule has 7 aromatic rings. The van der Waals surface area contributed by atoms with E-state index >= 15 is 0 Å². The van der Waals surface area contributed by atoms with Crippen molar-refractivity contribution in [2.75, 3.05) is 45.8 Å². The molecular weight excluding hydrogens is 1220 g/mol. The first kappa shape index (κ1) is 72.5. The molecule has 7 rings (SSSR count). The molecule has 0 unspecified atom stereocenters. The second-order valence-corrected chi connectivity index (χ2v) is 22.6. The van der Waals surface area contributed by atoms with Crippen LogP contribution in [0.5, 0.6) is 11.5 Å². The monoisotopic (exact) mass is 1310 g/mol. The number of ether oxygens (including phenoxy) is 6. The topological polar surface area (TPSA) is 285 Å². The molecule has 0 aliphatic rings. The van der Waals surface area contributed by atoms with E-state index in [1.165, 1.54) is 9.80 Å². The number of rotatable bonds is 40. The van der Waals surface area contributed by atoms with Crippen molar-refractivity contribution < 1.29 is 66.8 Å². The highest BCUT2D eigenvalue weighted by Crippen LogP contribution is 2.28. The molecule has 0 aromatic heterocycles. The summed E-state index contributed by atoms with van der Waals surface area (Å²) in [7, 11) is 0. The van der Waals surface area contributed by atoms with Gasteiger partial charge in [-0.2, -0.15) is 0 Å². The summed E-state index contributed by atoms with van der Waals surface area (Å²) < 4.78 is 34.6. The van der Waals surface area contributed by atoms with Crippen LogP contribution in [-0.2, 0) is 84.2 Å². The van der Waals surface area contributed by atoms with Crippen molar-refractivity contribution >= 4 is 48.0 Å². The summed E-state index contributed by atoms with van der Waals surface area (Å²) in [4.78, 5) is 110. The minimum Gasteiger partial charge on any atom is -0.489 e. The lowest BCUT2D eigenvalue weighted by atomic mass is 10.1. The number of primary amides is 1. The van der Waals surface area contributed by atoms with E-state index in [1.54, 1.807) is 18.2 Å². The largest absolute Gasteiger partial charge is 0.489 e. The van der Waals surface area contributed by atoms with E-state index in [2.05, 4.69) is 26.6 Å². The molecule has 0 fully saturated rings. The van der Waals surface area contributed by atoms with Gasteiger partial charge in [-0.3, -0.25) is 19.2 Å². The van der Waals surface area contributed by atoms with Gasteiger partial charge in [0.15, 0.2) is 0 Å². The summed E-state index contributed by atoms with van der Waals surface area (Å²) in [5.41, 5.74) is 11.2. The van der Waals surface area contributed by atoms with Gasteiger partial charge >= 0.3 is 24.4 Å². The Morgan fingerprint density at radius 2 is 0.792 bits per heavy atom. The van der Waals surface area contributed by atoms with E-state index in [-0.39, 0.29) is 98.1 Å². The molecule has 0 radical (unpaired) electrons. The number of hydrogen-bond acceptors (Lipinski definition) is 14. The molecule has 2 atom stereocenters. The molecule has 0 heterocycles. The smallest absolute Gasteiger partial charge is 0.410 e. The average Bonchev–Trinajstić information content (AvgIpc) is 1.06. The summed E-state index contributed by atoms with van der Waals surface area (Å²) in [6.07, 6.45) is -0.716. The molecule has 506 valence electrons. The fourth-order valence-corrected chi connectivity index (χ4v) is 9.85. The number of alkyl carbamates (subject to hydrolysis) is 2. The third-order valence-corrected chi connectivity index (χ3v) is 15.0. The molecule has 0 aliphatic heterocycles. The maximum absolute atomic E-state index is 13.8. The Kier molecular flexibility index (Phi) is 31.5. The maximum atomic E-state index is 13.8. The lowest BCUT2D eigenvalue weighted by Crippen LogP contribution is -2.49. The van der Waals surface area contributed by atoms with E-state index in [0.717, 1.165) is 33.4 Å². The maximum Gasteiger partial charge on any atom is 0.410 e. The number of nitrogens with one attached hydrogen (secondary N) is 5. The van der Waals surface area contributed by atoms with Crippen LogP contribution in [0, 0.1) is 0 Å². The standard InChI is InChI=1S/C74H86N8O14/c75-67(83)49-65(79-68(84)47-62-38-39-63(91-50-56-25-7-1-8-26-56)48-66(62)92-51-57-27-9-2-10-28-57)70(86)76-40-21-22-43-81(73(89)95-54-60-33-15-5-16-34-60)45-24-46-82(74(90)96-55-61-35-17-6-18-36-61)44-23-42-77-69(85)64(80-72(88)94-53-59-31-13-4-14-32-59)37-19-20-41-78-71(87)93-52-58-29-11-3-12-30-58/h1-18,25-36,38-39,48,64-65H,19-24,37,40-47,49-55H2,(H2,75,83)(H,76,86)(H,77,85)(H,78,87)(H,79,84)(H,80,88)/t64-,65-/m0/s1. The van der Waals surface area contributed by atoms with Crippen LogP contribution in [0.25, 0.3) is 0 Å². The van der Waals surface area contributed by atoms with Gasteiger partial charge in [-0.25, -0.2) is 19.2 Å². The van der Waals surface area contributed by atoms with Crippen LogP contribution < -0.4 is 41.8 Å². The molecule has 0 saturated heterocycles. The number of carbonyl (C=O) groups excluding carboxylic acids is 8. The molecule has 7 aromatic carbocycles. The summed E-state index contributed by atoms with van der Waals surface area (Å²) >= 11 is 0. The number of hydrogen-bond donors (Lipinski definition) is 6.